The highest BCUT2D eigenvalue weighted by Gasteiger charge is 2.09. The van der Waals surface area contributed by atoms with E-state index in [1.807, 2.05) is 47.3 Å². The van der Waals surface area contributed by atoms with E-state index in [4.69, 9.17) is 4.74 Å². The molecule has 2 heterocycles. The predicted octanol–water partition coefficient (Wildman–Crippen LogP) is 1.89. The van der Waals surface area contributed by atoms with Crippen LogP contribution in [0, 0.1) is 0 Å². The molecule has 1 aliphatic heterocycles. The zero-order chi connectivity index (χ0) is 11.5. The van der Waals surface area contributed by atoms with Crippen LogP contribution in [0.25, 0.3) is 0 Å². The molecule has 4 heteroatoms. The third-order valence-corrected chi connectivity index (χ3v) is 2.66. The van der Waals surface area contributed by atoms with Gasteiger partial charge in [0.05, 0.1) is 18.8 Å². The van der Waals surface area contributed by atoms with E-state index in [1.165, 1.54) is 0 Å². The topological polar surface area (TPSA) is 39.4 Å². The van der Waals surface area contributed by atoms with Crippen LogP contribution in [0.1, 0.15) is 11.4 Å². The van der Waals surface area contributed by atoms with Gasteiger partial charge in [-0.3, -0.25) is 9.67 Å². The van der Waals surface area contributed by atoms with E-state index < -0.39 is 0 Å². The molecule has 2 aromatic rings. The van der Waals surface area contributed by atoms with Gasteiger partial charge in [0.1, 0.15) is 18.1 Å². The first-order chi connectivity index (χ1) is 8.42. The number of nitrogens with zero attached hydrogens (tertiary/aromatic N) is 3. The average Bonchev–Trinajstić information content (AvgIpc) is 2.80. The Morgan fingerprint density at radius 2 is 2.12 bits per heavy atom. The summed E-state index contributed by atoms with van der Waals surface area (Å²) in [5, 5.41) is 4.47. The van der Waals surface area contributed by atoms with Crippen molar-refractivity contribution in [2.75, 3.05) is 6.54 Å². The molecular weight excluding hydrogens is 214 g/mol. The van der Waals surface area contributed by atoms with Gasteiger partial charge >= 0.3 is 0 Å². The molecule has 0 unspecified atom stereocenters. The normalized spacial score (nSPS) is 13.4. The minimum Gasteiger partial charge on any atom is -0.487 e. The van der Waals surface area contributed by atoms with Crippen molar-refractivity contribution in [1.29, 1.82) is 0 Å². The molecule has 0 atom stereocenters. The molecule has 0 spiro atoms. The van der Waals surface area contributed by atoms with E-state index in [9.17, 15) is 0 Å². The molecule has 17 heavy (non-hydrogen) atoms. The molecule has 0 radical (unpaired) electrons. The molecule has 0 saturated heterocycles. The average molecular weight is 227 g/mol. The zero-order valence-electron chi connectivity index (χ0n) is 9.41. The molecule has 0 amide bonds. The standard InChI is InChI=1S/C13H13N3O/c1-2-4-13(5-3-1)17-10-11-8-12-9-14-6-7-16(12)15-11/h1-5,8-9H,6-7,10H2. The number of hydrogen-bond acceptors (Lipinski definition) is 3. The SMILES string of the molecule is C1=NCCn2nc(COc3ccccc3)cc21. The molecule has 3 rings (SSSR count). The van der Waals surface area contributed by atoms with Crippen molar-refractivity contribution in [1.82, 2.24) is 9.78 Å². The molecule has 0 bridgehead atoms. The molecule has 4 nitrogen and oxygen atoms in total. The Balaban J connectivity index is 1.70. The van der Waals surface area contributed by atoms with Crippen molar-refractivity contribution in [3.63, 3.8) is 0 Å². The van der Waals surface area contributed by atoms with Crippen LogP contribution in [0.3, 0.4) is 0 Å². The van der Waals surface area contributed by atoms with Crippen molar-refractivity contribution in [3.8, 4) is 5.75 Å². The van der Waals surface area contributed by atoms with E-state index in [-0.39, 0.29) is 0 Å². The molecule has 1 aromatic heterocycles. The Morgan fingerprint density at radius 1 is 1.24 bits per heavy atom. The fourth-order valence-corrected chi connectivity index (χ4v) is 1.82. The molecule has 0 aliphatic carbocycles. The van der Waals surface area contributed by atoms with Crippen LogP contribution in [0.4, 0.5) is 0 Å². The van der Waals surface area contributed by atoms with Crippen LogP contribution >= 0.6 is 0 Å². The van der Waals surface area contributed by atoms with Crippen molar-refractivity contribution in [2.24, 2.45) is 4.99 Å². The number of fused-ring (bicyclic) bond motifs is 1. The number of rotatable bonds is 3. The maximum atomic E-state index is 5.65. The second-order valence-corrected chi connectivity index (χ2v) is 3.92. The number of aromatic nitrogens is 2. The highest BCUT2D eigenvalue weighted by molar-refractivity contribution is 5.78. The number of hydrogen-bond donors (Lipinski definition) is 0. The number of benzene rings is 1. The van der Waals surface area contributed by atoms with Crippen LogP contribution in [-0.4, -0.2) is 22.5 Å². The maximum absolute atomic E-state index is 5.65. The van der Waals surface area contributed by atoms with Crippen LogP contribution in [-0.2, 0) is 13.2 Å². The van der Waals surface area contributed by atoms with Gasteiger partial charge in [0.25, 0.3) is 0 Å². The Hall–Kier alpha value is -2.10. The van der Waals surface area contributed by atoms with Gasteiger partial charge < -0.3 is 4.74 Å². The summed E-state index contributed by atoms with van der Waals surface area (Å²) in [6.45, 7) is 2.17. The van der Waals surface area contributed by atoms with Gasteiger partial charge in [-0.15, -0.1) is 0 Å². The minimum absolute atomic E-state index is 0.498. The van der Waals surface area contributed by atoms with Gasteiger partial charge in [-0.25, -0.2) is 0 Å². The van der Waals surface area contributed by atoms with E-state index in [0.717, 1.165) is 30.2 Å². The Bertz CT molecular complexity index is 531. The lowest BCUT2D eigenvalue weighted by molar-refractivity contribution is 0.299. The van der Waals surface area contributed by atoms with E-state index >= 15 is 0 Å². The molecule has 0 fully saturated rings. The quantitative estimate of drug-likeness (QED) is 0.803. The highest BCUT2D eigenvalue weighted by atomic mass is 16.5. The van der Waals surface area contributed by atoms with Crippen LogP contribution in [0.5, 0.6) is 5.75 Å². The fourth-order valence-electron chi connectivity index (χ4n) is 1.82. The summed E-state index contributed by atoms with van der Waals surface area (Å²) < 4.78 is 7.62. The van der Waals surface area contributed by atoms with Crippen molar-refractivity contribution < 1.29 is 4.74 Å². The van der Waals surface area contributed by atoms with Crippen molar-refractivity contribution in [3.05, 3.63) is 47.8 Å². The lowest BCUT2D eigenvalue weighted by atomic mass is 10.3. The lowest BCUT2D eigenvalue weighted by Gasteiger charge is -2.05. The van der Waals surface area contributed by atoms with Crippen LogP contribution < -0.4 is 4.74 Å². The molecule has 86 valence electrons. The summed E-state index contributed by atoms with van der Waals surface area (Å²) in [7, 11) is 0. The van der Waals surface area contributed by atoms with E-state index in [1.54, 1.807) is 0 Å². The summed E-state index contributed by atoms with van der Waals surface area (Å²) in [6.07, 6.45) is 1.86. The van der Waals surface area contributed by atoms with Gasteiger partial charge in [0, 0.05) is 6.21 Å². The Kier molecular flexibility index (Phi) is 2.62. The summed E-state index contributed by atoms with van der Waals surface area (Å²) in [5.41, 5.74) is 2.00. The maximum Gasteiger partial charge on any atom is 0.132 e. The highest BCUT2D eigenvalue weighted by Crippen LogP contribution is 2.12. The second kappa shape index (κ2) is 4.41. The smallest absolute Gasteiger partial charge is 0.132 e. The third kappa shape index (κ3) is 2.20. The van der Waals surface area contributed by atoms with Gasteiger partial charge in [-0.1, -0.05) is 18.2 Å². The summed E-state index contributed by atoms with van der Waals surface area (Å²) in [6, 6.07) is 11.8. The number of aliphatic imine (C=N–C) groups is 1. The first-order valence-corrected chi connectivity index (χ1v) is 5.66. The van der Waals surface area contributed by atoms with Gasteiger partial charge in [-0.2, -0.15) is 5.10 Å². The van der Waals surface area contributed by atoms with Gasteiger partial charge in [-0.05, 0) is 18.2 Å². The molecule has 0 N–H and O–H groups in total. The molecule has 1 aliphatic rings. The van der Waals surface area contributed by atoms with Crippen LogP contribution in [0.15, 0.2) is 41.4 Å². The van der Waals surface area contributed by atoms with Crippen molar-refractivity contribution in [2.45, 2.75) is 13.2 Å². The van der Waals surface area contributed by atoms with Gasteiger partial charge in [0.15, 0.2) is 0 Å². The molecular formula is C13H13N3O. The monoisotopic (exact) mass is 227 g/mol. The summed E-state index contributed by atoms with van der Waals surface area (Å²) in [5.74, 6) is 0.868. The number of para-hydroxylation sites is 1. The van der Waals surface area contributed by atoms with E-state index in [0.29, 0.717) is 6.61 Å². The van der Waals surface area contributed by atoms with E-state index in [2.05, 4.69) is 10.1 Å². The van der Waals surface area contributed by atoms with Crippen LogP contribution in [0.2, 0.25) is 0 Å². The summed E-state index contributed by atoms with van der Waals surface area (Å²) >= 11 is 0. The fraction of sp³-hybridized carbons (Fsp3) is 0.231. The lowest BCUT2D eigenvalue weighted by Crippen LogP contribution is -2.11. The largest absolute Gasteiger partial charge is 0.487 e. The molecule has 0 saturated carbocycles. The third-order valence-electron chi connectivity index (χ3n) is 2.66. The Labute approximate surface area is 99.6 Å². The zero-order valence-corrected chi connectivity index (χ0v) is 9.41. The van der Waals surface area contributed by atoms with Gasteiger partial charge in [0.2, 0.25) is 0 Å². The van der Waals surface area contributed by atoms with Crippen molar-refractivity contribution >= 4 is 6.21 Å². The first kappa shape index (κ1) is 10.1. The minimum atomic E-state index is 0.498. The predicted molar refractivity (Wildman–Crippen MR) is 65.5 cm³/mol. The first-order valence-electron chi connectivity index (χ1n) is 5.66. The molecule has 1 aromatic carbocycles. The second-order valence-electron chi connectivity index (χ2n) is 3.92. The Morgan fingerprint density at radius 3 is 2.94 bits per heavy atom. The number of ether oxygens (including phenoxy) is 1. The summed E-state index contributed by atoms with van der Waals surface area (Å²) in [4.78, 5) is 4.22.